The first-order chi connectivity index (χ1) is 7.74. The monoisotopic (exact) mass is 230 g/mol. The summed E-state index contributed by atoms with van der Waals surface area (Å²) in [6, 6.07) is 8.33. The van der Waals surface area contributed by atoms with Gasteiger partial charge in [-0.3, -0.25) is 0 Å². The van der Waals surface area contributed by atoms with Crippen LogP contribution in [-0.4, -0.2) is 9.56 Å². The smallest absolute Gasteiger partial charge is 0.104 e. The first kappa shape index (κ1) is 9.85. The second-order valence-corrected chi connectivity index (χ2v) is 4.99. The molecule has 0 bridgehead atoms. The maximum Gasteiger partial charge on any atom is 0.104 e. The Hall–Kier alpha value is -1.35. The fraction of sp³-hybridized carbons (Fsp3) is 0.308. The number of nitrogens with zero attached hydrogens (tertiary/aromatic N) is 1. The van der Waals surface area contributed by atoms with Gasteiger partial charge in [-0.1, -0.05) is 24.4 Å². The van der Waals surface area contributed by atoms with Crippen molar-refractivity contribution in [3.63, 3.8) is 0 Å². The van der Waals surface area contributed by atoms with Gasteiger partial charge in [0.1, 0.15) is 4.99 Å². The lowest BCUT2D eigenvalue weighted by Crippen LogP contribution is -2.09. The van der Waals surface area contributed by atoms with Gasteiger partial charge in [-0.2, -0.15) is 0 Å². The highest BCUT2D eigenvalue weighted by Gasteiger charge is 2.22. The third-order valence-electron chi connectivity index (χ3n) is 3.21. The molecule has 1 aromatic heterocycles. The SMILES string of the molecule is NC(=S)c1ccc2ccn(CC3CC3)c2c1. The number of hydrogen-bond donors (Lipinski definition) is 1. The molecule has 1 fully saturated rings. The van der Waals surface area contributed by atoms with Crippen molar-refractivity contribution in [3.05, 3.63) is 36.0 Å². The lowest BCUT2D eigenvalue weighted by molar-refractivity contribution is 0.647. The zero-order chi connectivity index (χ0) is 11.1. The van der Waals surface area contributed by atoms with Gasteiger partial charge in [-0.25, -0.2) is 0 Å². The van der Waals surface area contributed by atoms with E-state index in [2.05, 4.69) is 29.0 Å². The summed E-state index contributed by atoms with van der Waals surface area (Å²) in [7, 11) is 0. The molecule has 1 heterocycles. The van der Waals surface area contributed by atoms with Crippen LogP contribution >= 0.6 is 12.2 Å². The van der Waals surface area contributed by atoms with Crippen LogP contribution in [0.2, 0.25) is 0 Å². The standard InChI is InChI=1S/C13H14N2S/c14-13(16)11-4-3-10-5-6-15(12(10)7-11)8-9-1-2-9/h3-7,9H,1-2,8H2,(H2,14,16). The van der Waals surface area contributed by atoms with Crippen LogP contribution in [0.4, 0.5) is 0 Å². The summed E-state index contributed by atoms with van der Waals surface area (Å²) in [6.45, 7) is 1.13. The van der Waals surface area contributed by atoms with E-state index < -0.39 is 0 Å². The highest BCUT2D eigenvalue weighted by molar-refractivity contribution is 7.80. The number of thiocarbonyl (C=S) groups is 1. The Kier molecular flexibility index (Phi) is 2.21. The highest BCUT2D eigenvalue weighted by atomic mass is 32.1. The van der Waals surface area contributed by atoms with Gasteiger partial charge < -0.3 is 10.3 Å². The molecular formula is C13H14N2S. The van der Waals surface area contributed by atoms with Crippen molar-refractivity contribution in [2.24, 2.45) is 11.7 Å². The van der Waals surface area contributed by atoms with Crippen LogP contribution in [0, 0.1) is 5.92 Å². The van der Waals surface area contributed by atoms with Gasteiger partial charge in [0.05, 0.1) is 0 Å². The number of benzene rings is 1. The molecule has 3 rings (SSSR count). The van der Waals surface area contributed by atoms with Gasteiger partial charge in [0, 0.05) is 23.8 Å². The molecule has 1 aliphatic rings. The largest absolute Gasteiger partial charge is 0.389 e. The molecule has 1 aromatic carbocycles. The van der Waals surface area contributed by atoms with Crippen molar-refractivity contribution < 1.29 is 0 Å². The molecule has 2 N–H and O–H groups in total. The molecule has 0 unspecified atom stereocenters. The quantitative estimate of drug-likeness (QED) is 0.822. The van der Waals surface area contributed by atoms with Gasteiger partial charge in [-0.05, 0) is 36.3 Å². The molecular weight excluding hydrogens is 216 g/mol. The maximum atomic E-state index is 5.66. The number of aromatic nitrogens is 1. The highest BCUT2D eigenvalue weighted by Crippen LogP contribution is 2.32. The zero-order valence-corrected chi connectivity index (χ0v) is 9.83. The van der Waals surface area contributed by atoms with E-state index in [0.717, 1.165) is 18.0 Å². The molecule has 0 radical (unpaired) electrons. The van der Waals surface area contributed by atoms with Gasteiger partial charge in [0.2, 0.25) is 0 Å². The lowest BCUT2D eigenvalue weighted by Gasteiger charge is -2.05. The summed E-state index contributed by atoms with van der Waals surface area (Å²) in [5.41, 5.74) is 7.86. The minimum absolute atomic E-state index is 0.473. The van der Waals surface area contributed by atoms with Crippen LogP contribution in [0.3, 0.4) is 0 Å². The van der Waals surface area contributed by atoms with Crippen LogP contribution in [-0.2, 0) is 6.54 Å². The lowest BCUT2D eigenvalue weighted by atomic mass is 10.1. The molecule has 1 aliphatic carbocycles. The van der Waals surface area contributed by atoms with E-state index in [1.807, 2.05) is 6.07 Å². The average Bonchev–Trinajstić information content (AvgIpc) is 2.99. The summed E-state index contributed by atoms with van der Waals surface area (Å²) in [5, 5.41) is 1.26. The van der Waals surface area contributed by atoms with E-state index in [-0.39, 0.29) is 0 Å². The van der Waals surface area contributed by atoms with E-state index in [9.17, 15) is 0 Å². The fourth-order valence-corrected chi connectivity index (χ4v) is 2.20. The van der Waals surface area contributed by atoms with Gasteiger partial charge >= 0.3 is 0 Å². The van der Waals surface area contributed by atoms with Crippen molar-refractivity contribution >= 4 is 28.1 Å². The van der Waals surface area contributed by atoms with Crippen molar-refractivity contribution in [2.45, 2.75) is 19.4 Å². The molecule has 0 aliphatic heterocycles. The number of hydrogen-bond acceptors (Lipinski definition) is 1. The third kappa shape index (κ3) is 1.71. The van der Waals surface area contributed by atoms with Crippen LogP contribution in [0.1, 0.15) is 18.4 Å². The Balaban J connectivity index is 2.07. The Morgan fingerprint density at radius 1 is 1.38 bits per heavy atom. The molecule has 2 aromatic rings. The summed E-state index contributed by atoms with van der Waals surface area (Å²) in [4.78, 5) is 0.473. The normalized spacial score (nSPS) is 15.5. The Labute approximate surface area is 100 Å². The fourth-order valence-electron chi connectivity index (χ4n) is 2.07. The summed E-state index contributed by atoms with van der Waals surface area (Å²) >= 11 is 5.01. The molecule has 82 valence electrons. The molecule has 2 nitrogen and oxygen atoms in total. The number of fused-ring (bicyclic) bond motifs is 1. The second kappa shape index (κ2) is 3.59. The molecule has 0 atom stereocenters. The topological polar surface area (TPSA) is 30.9 Å². The molecule has 1 saturated carbocycles. The van der Waals surface area contributed by atoms with Crippen molar-refractivity contribution in [1.29, 1.82) is 0 Å². The Bertz CT molecular complexity index is 552. The summed E-state index contributed by atoms with van der Waals surface area (Å²) < 4.78 is 2.31. The van der Waals surface area contributed by atoms with Gasteiger partial charge in [-0.15, -0.1) is 0 Å². The predicted octanol–water partition coefficient (Wildman–Crippen LogP) is 2.69. The minimum atomic E-state index is 0.473. The third-order valence-corrected chi connectivity index (χ3v) is 3.45. The van der Waals surface area contributed by atoms with Gasteiger partial charge in [0.15, 0.2) is 0 Å². The van der Waals surface area contributed by atoms with E-state index in [4.69, 9.17) is 18.0 Å². The summed E-state index contributed by atoms with van der Waals surface area (Å²) in [6.07, 6.45) is 4.90. The molecule has 0 amide bonds. The number of nitrogens with two attached hydrogens (primary N) is 1. The molecule has 16 heavy (non-hydrogen) atoms. The molecule has 0 saturated heterocycles. The first-order valence-electron chi connectivity index (χ1n) is 5.63. The van der Waals surface area contributed by atoms with Gasteiger partial charge in [0.25, 0.3) is 0 Å². The maximum absolute atomic E-state index is 5.66. The van der Waals surface area contributed by atoms with Crippen LogP contribution < -0.4 is 5.73 Å². The van der Waals surface area contributed by atoms with E-state index in [0.29, 0.717) is 4.99 Å². The van der Waals surface area contributed by atoms with Crippen molar-refractivity contribution in [3.8, 4) is 0 Å². The van der Waals surface area contributed by atoms with E-state index in [1.54, 1.807) is 0 Å². The second-order valence-electron chi connectivity index (χ2n) is 4.55. The molecule has 3 heteroatoms. The Morgan fingerprint density at radius 2 is 2.19 bits per heavy atom. The number of rotatable bonds is 3. The minimum Gasteiger partial charge on any atom is -0.389 e. The Morgan fingerprint density at radius 3 is 2.88 bits per heavy atom. The first-order valence-corrected chi connectivity index (χ1v) is 6.03. The van der Waals surface area contributed by atoms with Crippen molar-refractivity contribution in [2.75, 3.05) is 0 Å². The average molecular weight is 230 g/mol. The predicted molar refractivity (Wildman–Crippen MR) is 70.5 cm³/mol. The summed E-state index contributed by atoms with van der Waals surface area (Å²) in [5.74, 6) is 0.879. The van der Waals surface area contributed by atoms with E-state index in [1.165, 1.54) is 23.7 Å². The van der Waals surface area contributed by atoms with Crippen LogP contribution in [0.25, 0.3) is 10.9 Å². The van der Waals surface area contributed by atoms with Crippen molar-refractivity contribution in [1.82, 2.24) is 4.57 Å². The zero-order valence-electron chi connectivity index (χ0n) is 9.02. The van der Waals surface area contributed by atoms with Crippen LogP contribution in [0.5, 0.6) is 0 Å². The van der Waals surface area contributed by atoms with Crippen LogP contribution in [0.15, 0.2) is 30.5 Å². The van der Waals surface area contributed by atoms with E-state index >= 15 is 0 Å². The molecule has 0 spiro atoms.